The summed E-state index contributed by atoms with van der Waals surface area (Å²) in [4.78, 5) is 17.8. The molecule has 0 atom stereocenters. The standard InChI is InChI=1S/C57H38N4/c1-5-15-42(16-6-1)53-38-54(60-57(59-53)44-17-7-2-8-18-44)45-30-27-41-33-36-50-55(51(41)37-45)49-23-13-14-24-52(49)58-56(50)43-28-25-39(26-29-43)40-31-34-48(35-32-40)61(46-19-9-3-10-20-46)47-21-11-4-12-22-47/h1-38H. The predicted molar refractivity (Wildman–Crippen MR) is 254 cm³/mol. The Morgan fingerprint density at radius 3 is 1.44 bits per heavy atom. The van der Waals surface area contributed by atoms with Gasteiger partial charge in [0, 0.05) is 55.5 Å². The second kappa shape index (κ2) is 15.5. The average Bonchev–Trinajstić information content (AvgIpc) is 3.35. The molecule has 11 rings (SSSR count). The van der Waals surface area contributed by atoms with Gasteiger partial charge in [0.1, 0.15) is 0 Å². The fraction of sp³-hybridized carbons (Fsp3) is 0. The van der Waals surface area contributed by atoms with Crippen LogP contribution in [0.2, 0.25) is 0 Å². The molecular formula is C57H38N4. The minimum Gasteiger partial charge on any atom is -0.311 e. The molecule has 2 heterocycles. The largest absolute Gasteiger partial charge is 0.311 e. The smallest absolute Gasteiger partial charge is 0.160 e. The molecule has 2 aromatic heterocycles. The van der Waals surface area contributed by atoms with Crippen molar-refractivity contribution in [3.8, 4) is 56.3 Å². The van der Waals surface area contributed by atoms with Crippen LogP contribution in [-0.2, 0) is 0 Å². The molecule has 0 amide bonds. The van der Waals surface area contributed by atoms with E-state index in [9.17, 15) is 0 Å². The Bertz CT molecular complexity index is 3220. The summed E-state index contributed by atoms with van der Waals surface area (Å²) in [5.74, 6) is 0.702. The lowest BCUT2D eigenvalue weighted by molar-refractivity contribution is 1.18. The maximum atomic E-state index is 5.32. The molecule has 61 heavy (non-hydrogen) atoms. The van der Waals surface area contributed by atoms with Crippen LogP contribution in [0.25, 0.3) is 88.7 Å². The highest BCUT2D eigenvalue weighted by Gasteiger charge is 2.17. The van der Waals surface area contributed by atoms with Gasteiger partial charge in [-0.3, -0.25) is 0 Å². The number of fused-ring (bicyclic) bond motifs is 5. The van der Waals surface area contributed by atoms with E-state index in [-0.39, 0.29) is 0 Å². The molecule has 11 aromatic rings. The summed E-state index contributed by atoms with van der Waals surface area (Å²) in [7, 11) is 0. The molecule has 0 radical (unpaired) electrons. The molecular weight excluding hydrogens is 741 g/mol. The van der Waals surface area contributed by atoms with Gasteiger partial charge in [-0.1, -0.05) is 176 Å². The molecule has 0 saturated carbocycles. The van der Waals surface area contributed by atoms with Gasteiger partial charge in [-0.05, 0) is 76.5 Å². The van der Waals surface area contributed by atoms with Crippen molar-refractivity contribution in [1.82, 2.24) is 15.0 Å². The second-order valence-corrected chi connectivity index (χ2v) is 15.2. The molecule has 4 nitrogen and oxygen atoms in total. The highest BCUT2D eigenvalue weighted by molar-refractivity contribution is 6.22. The number of benzene rings is 9. The van der Waals surface area contributed by atoms with Gasteiger partial charge in [-0.15, -0.1) is 0 Å². The average molecular weight is 779 g/mol. The molecule has 0 spiro atoms. The lowest BCUT2D eigenvalue weighted by Gasteiger charge is -2.25. The summed E-state index contributed by atoms with van der Waals surface area (Å²) in [6, 6.07) is 81.0. The van der Waals surface area contributed by atoms with Crippen LogP contribution in [0.3, 0.4) is 0 Å². The first-order valence-electron chi connectivity index (χ1n) is 20.6. The Balaban J connectivity index is 0.995. The van der Waals surface area contributed by atoms with Gasteiger partial charge in [-0.2, -0.15) is 0 Å². The summed E-state index contributed by atoms with van der Waals surface area (Å²) in [6.07, 6.45) is 0. The molecule has 9 aromatic carbocycles. The van der Waals surface area contributed by atoms with Crippen LogP contribution in [0.4, 0.5) is 17.1 Å². The van der Waals surface area contributed by atoms with Crippen LogP contribution in [0.1, 0.15) is 0 Å². The summed E-state index contributed by atoms with van der Waals surface area (Å²) in [5.41, 5.74) is 13.5. The molecule has 0 saturated heterocycles. The van der Waals surface area contributed by atoms with Crippen LogP contribution in [0.15, 0.2) is 231 Å². The van der Waals surface area contributed by atoms with E-state index in [2.05, 4.69) is 211 Å². The van der Waals surface area contributed by atoms with E-state index in [0.717, 1.165) is 94.6 Å². The minimum absolute atomic E-state index is 0.702. The molecule has 0 aliphatic carbocycles. The van der Waals surface area contributed by atoms with Crippen molar-refractivity contribution in [3.63, 3.8) is 0 Å². The zero-order chi connectivity index (χ0) is 40.5. The Morgan fingerprint density at radius 2 is 0.787 bits per heavy atom. The first-order valence-corrected chi connectivity index (χ1v) is 20.6. The van der Waals surface area contributed by atoms with E-state index < -0.39 is 0 Å². The van der Waals surface area contributed by atoms with Crippen LogP contribution in [0.5, 0.6) is 0 Å². The summed E-state index contributed by atoms with van der Waals surface area (Å²) in [6.45, 7) is 0. The van der Waals surface area contributed by atoms with E-state index in [4.69, 9.17) is 15.0 Å². The molecule has 0 fully saturated rings. The number of hydrogen-bond donors (Lipinski definition) is 0. The molecule has 0 aliphatic heterocycles. The van der Waals surface area contributed by atoms with Gasteiger partial charge < -0.3 is 4.90 Å². The number of pyridine rings is 1. The van der Waals surface area contributed by atoms with Crippen molar-refractivity contribution in [1.29, 1.82) is 0 Å². The van der Waals surface area contributed by atoms with Crippen molar-refractivity contribution >= 4 is 49.5 Å². The quantitative estimate of drug-likeness (QED) is 0.144. The Morgan fingerprint density at radius 1 is 0.295 bits per heavy atom. The molecule has 286 valence electrons. The number of hydrogen-bond acceptors (Lipinski definition) is 4. The van der Waals surface area contributed by atoms with Crippen LogP contribution < -0.4 is 4.90 Å². The SMILES string of the molecule is c1ccc(-c2cc(-c3ccc4ccc5c(-c6ccc(-c7ccc(N(c8ccccc8)c8ccccc8)cc7)cc6)nc6ccccc6c5c4c3)nc(-c3ccccc3)n2)cc1. The van der Waals surface area contributed by atoms with E-state index in [1.54, 1.807) is 0 Å². The minimum atomic E-state index is 0.702. The second-order valence-electron chi connectivity index (χ2n) is 15.2. The number of para-hydroxylation sites is 3. The third-order valence-electron chi connectivity index (χ3n) is 11.5. The van der Waals surface area contributed by atoms with Crippen LogP contribution in [0, 0.1) is 0 Å². The number of rotatable bonds is 8. The van der Waals surface area contributed by atoms with Gasteiger partial charge in [0.05, 0.1) is 22.6 Å². The lowest BCUT2D eigenvalue weighted by Crippen LogP contribution is -2.09. The fourth-order valence-electron chi connectivity index (χ4n) is 8.44. The van der Waals surface area contributed by atoms with Gasteiger partial charge in [0.2, 0.25) is 0 Å². The Kier molecular flexibility index (Phi) is 9.14. The first-order chi connectivity index (χ1) is 30.2. The van der Waals surface area contributed by atoms with Crippen LogP contribution in [-0.4, -0.2) is 15.0 Å². The number of aromatic nitrogens is 3. The van der Waals surface area contributed by atoms with Gasteiger partial charge in [0.25, 0.3) is 0 Å². The highest BCUT2D eigenvalue weighted by Crippen LogP contribution is 2.40. The molecule has 0 bridgehead atoms. The van der Waals surface area contributed by atoms with Gasteiger partial charge in [0.15, 0.2) is 5.82 Å². The number of anilines is 3. The molecule has 0 unspecified atom stereocenters. The van der Waals surface area contributed by atoms with Crippen molar-refractivity contribution in [3.05, 3.63) is 231 Å². The zero-order valence-electron chi connectivity index (χ0n) is 33.2. The summed E-state index contributed by atoms with van der Waals surface area (Å²) in [5, 5.41) is 5.74. The third kappa shape index (κ3) is 6.86. The molecule has 0 aliphatic rings. The number of nitrogens with zero attached hydrogens (tertiary/aromatic N) is 4. The van der Waals surface area contributed by atoms with Gasteiger partial charge >= 0.3 is 0 Å². The third-order valence-corrected chi connectivity index (χ3v) is 11.5. The summed E-state index contributed by atoms with van der Waals surface area (Å²) >= 11 is 0. The molecule has 0 N–H and O–H groups in total. The predicted octanol–water partition coefficient (Wildman–Crippen LogP) is 15.1. The van der Waals surface area contributed by atoms with Gasteiger partial charge in [-0.25, -0.2) is 15.0 Å². The monoisotopic (exact) mass is 778 g/mol. The van der Waals surface area contributed by atoms with E-state index in [0.29, 0.717) is 5.82 Å². The van der Waals surface area contributed by atoms with Crippen LogP contribution >= 0.6 is 0 Å². The van der Waals surface area contributed by atoms with Crippen molar-refractivity contribution in [2.45, 2.75) is 0 Å². The zero-order valence-corrected chi connectivity index (χ0v) is 33.2. The maximum Gasteiger partial charge on any atom is 0.160 e. The van der Waals surface area contributed by atoms with E-state index in [1.807, 2.05) is 24.3 Å². The first kappa shape index (κ1) is 35.9. The topological polar surface area (TPSA) is 41.9 Å². The van der Waals surface area contributed by atoms with Crippen molar-refractivity contribution in [2.75, 3.05) is 4.90 Å². The van der Waals surface area contributed by atoms with E-state index >= 15 is 0 Å². The lowest BCUT2D eigenvalue weighted by atomic mass is 9.93. The Labute approximate surface area is 354 Å². The Hall–Kier alpha value is -8.21. The van der Waals surface area contributed by atoms with E-state index in [1.165, 1.54) is 5.39 Å². The van der Waals surface area contributed by atoms with Crippen molar-refractivity contribution in [2.24, 2.45) is 0 Å². The maximum absolute atomic E-state index is 5.32. The summed E-state index contributed by atoms with van der Waals surface area (Å²) < 4.78 is 0. The highest BCUT2D eigenvalue weighted by atomic mass is 15.1. The van der Waals surface area contributed by atoms with Crippen molar-refractivity contribution < 1.29 is 0 Å². The fourth-order valence-corrected chi connectivity index (χ4v) is 8.44. The normalized spacial score (nSPS) is 11.3. The molecule has 4 heteroatoms.